The van der Waals surface area contributed by atoms with Crippen LogP contribution >= 0.6 is 0 Å². The molecule has 12 heteroatoms. The number of piperazine rings is 1. The van der Waals surface area contributed by atoms with E-state index in [9.17, 15) is 0 Å². The van der Waals surface area contributed by atoms with Gasteiger partial charge in [0.15, 0.2) is 17.1 Å². The molecule has 192 valence electrons. The van der Waals surface area contributed by atoms with E-state index in [1.807, 2.05) is 4.90 Å². The number of nitrogens with zero attached hydrogens (tertiary/aromatic N) is 8. The Kier molecular flexibility index (Phi) is 4.13. The fraction of sp³-hybridized carbons (Fsp3) is 0.360. The van der Waals surface area contributed by atoms with Crippen LogP contribution < -0.4 is 15.4 Å². The zero-order chi connectivity index (χ0) is 33.2. The van der Waals surface area contributed by atoms with Crippen LogP contribution in [0, 0.1) is 0 Å². The molecule has 0 atom stereocenters. The molecule has 37 heavy (non-hydrogen) atoms. The monoisotopic (exact) mass is 512 g/mol. The first-order valence-corrected chi connectivity index (χ1v) is 11.4. The van der Waals surface area contributed by atoms with E-state index in [4.69, 9.17) is 27.2 Å². The molecule has 0 spiro atoms. The third-order valence-corrected chi connectivity index (χ3v) is 5.80. The normalized spacial score (nSPS) is 19.8. The van der Waals surface area contributed by atoms with Crippen molar-refractivity contribution in [3.05, 3.63) is 48.8 Å². The van der Waals surface area contributed by atoms with Gasteiger partial charge in [-0.15, -0.1) is 5.10 Å². The molecular weight excluding hydrogens is 474 g/mol. The van der Waals surface area contributed by atoms with Crippen LogP contribution in [0.25, 0.3) is 28.3 Å². The quantitative estimate of drug-likeness (QED) is 0.314. The molecule has 5 heterocycles. The zero-order valence-electron chi connectivity index (χ0n) is 28.7. The van der Waals surface area contributed by atoms with Crippen molar-refractivity contribution < 1.29 is 26.2 Å². The number of ether oxygens (including phenoxy) is 2. The molecule has 4 aromatic heterocycles. The Labute approximate surface area is 225 Å². The highest BCUT2D eigenvalue weighted by atomic mass is 16.5. The predicted molar refractivity (Wildman–Crippen MR) is 139 cm³/mol. The van der Waals surface area contributed by atoms with Crippen LogP contribution in [0.4, 0.5) is 11.6 Å². The zero-order valence-corrected chi connectivity index (χ0v) is 19.7. The smallest absolute Gasteiger partial charge is 0.225 e. The fourth-order valence-electron chi connectivity index (χ4n) is 3.98. The summed E-state index contributed by atoms with van der Waals surface area (Å²) in [5.74, 6) is 0.447. The van der Waals surface area contributed by atoms with Crippen molar-refractivity contribution in [3.8, 4) is 17.3 Å². The number of methoxy groups -OCH3 is 1. The Morgan fingerprint density at radius 3 is 2.65 bits per heavy atom. The largest absolute Gasteiger partial charge is 0.491 e. The maximum atomic E-state index is 8.90. The van der Waals surface area contributed by atoms with E-state index in [0.29, 0.717) is 18.8 Å². The minimum Gasteiger partial charge on any atom is -0.491 e. The van der Waals surface area contributed by atoms with Gasteiger partial charge in [0.25, 0.3) is 0 Å². The van der Waals surface area contributed by atoms with Crippen LogP contribution in [0.5, 0.6) is 5.75 Å². The molecule has 1 saturated heterocycles. The number of fused-ring (bicyclic) bond motifs is 3. The molecule has 1 aromatic carbocycles. The van der Waals surface area contributed by atoms with E-state index in [-0.39, 0.29) is 53.5 Å². The number of aryl methyl sites for hydroxylation is 1. The number of furan rings is 1. The maximum Gasteiger partial charge on any atom is 0.225 e. The van der Waals surface area contributed by atoms with Crippen molar-refractivity contribution in [2.75, 3.05) is 63.5 Å². The van der Waals surface area contributed by atoms with E-state index < -0.39 is 26.1 Å². The first kappa shape index (κ1) is 15.2. The minimum atomic E-state index is -2.81. The molecule has 1 aliphatic heterocycles. The summed E-state index contributed by atoms with van der Waals surface area (Å²) in [6.45, 7) is -9.92. The molecule has 0 saturated carbocycles. The molecule has 12 nitrogen and oxygen atoms in total. The highest BCUT2D eigenvalue weighted by molar-refractivity contribution is 5.90. The molecule has 1 fully saturated rings. The van der Waals surface area contributed by atoms with E-state index in [1.165, 1.54) is 27.8 Å². The van der Waals surface area contributed by atoms with Crippen molar-refractivity contribution in [2.45, 2.75) is 6.50 Å². The number of nitrogen functional groups attached to an aromatic ring is 1. The molecule has 1 aliphatic rings. The van der Waals surface area contributed by atoms with Crippen molar-refractivity contribution in [3.63, 3.8) is 0 Å². The Balaban J connectivity index is 1.21. The summed E-state index contributed by atoms with van der Waals surface area (Å²) in [4.78, 5) is 11.9. The van der Waals surface area contributed by atoms with Crippen LogP contribution in [0.3, 0.4) is 0 Å². The summed E-state index contributed by atoms with van der Waals surface area (Å²) in [6.07, 6.45) is 1.07. The van der Waals surface area contributed by atoms with Gasteiger partial charge in [-0.2, -0.15) is 14.6 Å². The second-order valence-electron chi connectivity index (χ2n) is 8.04. The van der Waals surface area contributed by atoms with E-state index >= 15 is 0 Å². The maximum absolute atomic E-state index is 8.90. The third-order valence-electron chi connectivity index (χ3n) is 5.80. The molecule has 0 radical (unpaired) electrons. The second-order valence-corrected chi connectivity index (χ2v) is 8.04. The topological polar surface area (TPSA) is 125 Å². The Morgan fingerprint density at radius 1 is 1.05 bits per heavy atom. The van der Waals surface area contributed by atoms with Crippen molar-refractivity contribution >= 4 is 28.3 Å². The summed E-state index contributed by atoms with van der Waals surface area (Å²) in [5, 5.41) is 8.37. The van der Waals surface area contributed by atoms with Crippen LogP contribution in [-0.4, -0.2) is 87.2 Å². The molecule has 0 unspecified atom stereocenters. The van der Waals surface area contributed by atoms with Crippen molar-refractivity contribution in [1.29, 1.82) is 0 Å². The number of nitrogens with two attached hydrogens (primary N) is 1. The molecular formula is C25H29N9O3. The van der Waals surface area contributed by atoms with Crippen LogP contribution in [-0.2, 0) is 11.2 Å². The summed E-state index contributed by atoms with van der Waals surface area (Å²) < 4.78 is 92.1. The third kappa shape index (κ3) is 4.68. The molecule has 0 aliphatic carbocycles. The second kappa shape index (κ2) is 10.1. The van der Waals surface area contributed by atoms with Gasteiger partial charge >= 0.3 is 0 Å². The first-order chi connectivity index (χ1) is 21.6. The van der Waals surface area contributed by atoms with Gasteiger partial charge in [0, 0.05) is 48.2 Å². The lowest BCUT2D eigenvalue weighted by Gasteiger charge is -2.36. The van der Waals surface area contributed by atoms with Crippen LogP contribution in [0.15, 0.2) is 53.3 Å². The van der Waals surface area contributed by atoms with Gasteiger partial charge in [-0.1, -0.05) is 0 Å². The summed E-state index contributed by atoms with van der Waals surface area (Å²) in [6, 6.07) is 9.62. The van der Waals surface area contributed by atoms with Gasteiger partial charge in [-0.25, -0.2) is 9.67 Å². The van der Waals surface area contributed by atoms with Crippen LogP contribution in [0.2, 0.25) is 0 Å². The Morgan fingerprint density at radius 2 is 1.89 bits per heavy atom. The highest BCUT2D eigenvalue weighted by Crippen LogP contribution is 2.24. The summed E-state index contributed by atoms with van der Waals surface area (Å²) in [5.41, 5.74) is 6.80. The number of hydrogen-bond donors (Lipinski definition) is 1. The fourth-order valence-corrected chi connectivity index (χ4v) is 3.98. The molecule has 0 amide bonds. The van der Waals surface area contributed by atoms with Gasteiger partial charge in [-0.05, 0) is 36.4 Å². The predicted octanol–water partition coefficient (Wildman–Crippen LogP) is 2.16. The average molecular weight is 513 g/mol. The molecule has 5 aromatic rings. The van der Waals surface area contributed by atoms with E-state index in [1.54, 1.807) is 24.3 Å². The standard InChI is InChI=1S/C25H29N9O3/c1-35-15-16-36-19-6-4-18(5-7-19)32-11-8-31(9-12-32)10-13-33-23-20(17-27-33)24-28-22(21-3-2-14-37-21)30-34(24)25(26)29-23/h2-7,14,17H,8-13,15-16H2,1H3,(H2,26,29)/i10D2,13D2,15D2,16D2,17D. The SMILES string of the molecule is [2H]c1nn(C([2H])([2H])C([2H])([2H])N2CCN(c3ccc(OC([2H])([2H])C([2H])([2H])OC)cc3)CC2)c2nc(N)n3nc(-c4ccco4)nc3c12. The summed E-state index contributed by atoms with van der Waals surface area (Å²) in [7, 11) is 1.04. The van der Waals surface area contributed by atoms with Gasteiger partial charge in [0.2, 0.25) is 11.8 Å². The van der Waals surface area contributed by atoms with Crippen molar-refractivity contribution in [2.24, 2.45) is 0 Å². The number of hydrogen-bond acceptors (Lipinski definition) is 10. The Bertz CT molecular complexity index is 1870. The van der Waals surface area contributed by atoms with E-state index in [2.05, 4.69) is 24.9 Å². The lowest BCUT2D eigenvalue weighted by molar-refractivity contribution is 0.146. The molecule has 6 rings (SSSR count). The number of rotatable bonds is 9. The highest BCUT2D eigenvalue weighted by Gasteiger charge is 2.20. The van der Waals surface area contributed by atoms with Crippen LogP contribution in [0.1, 0.15) is 12.3 Å². The van der Waals surface area contributed by atoms with Gasteiger partial charge in [0.05, 0.1) is 40.5 Å². The lowest BCUT2D eigenvalue weighted by atomic mass is 10.2. The number of benzene rings is 1. The lowest BCUT2D eigenvalue weighted by Crippen LogP contribution is -2.47. The van der Waals surface area contributed by atoms with Crippen molar-refractivity contribution in [1.82, 2.24) is 34.3 Å². The molecule has 0 bridgehead atoms. The van der Waals surface area contributed by atoms with Gasteiger partial charge in [0.1, 0.15) is 12.3 Å². The van der Waals surface area contributed by atoms with Gasteiger partial charge < -0.3 is 24.5 Å². The number of anilines is 2. The number of aromatic nitrogens is 6. The minimum absolute atomic E-state index is 0.0443. The average Bonchev–Trinajstić information content (AvgIpc) is 3.77. The Hall–Kier alpha value is -4.16. The summed E-state index contributed by atoms with van der Waals surface area (Å²) >= 11 is 0. The first-order valence-electron chi connectivity index (χ1n) is 15.9. The van der Waals surface area contributed by atoms with E-state index in [0.717, 1.165) is 17.5 Å². The van der Waals surface area contributed by atoms with Gasteiger partial charge in [-0.3, -0.25) is 4.90 Å². The molecule has 2 N–H and O–H groups in total.